The number of imidazole rings is 1. The molecule has 1 unspecified atom stereocenters. The molecule has 1 aliphatic heterocycles. The fraction of sp³-hybridized carbons (Fsp3) is 0.550. The van der Waals surface area contributed by atoms with Gasteiger partial charge < -0.3 is 25.0 Å². The molecule has 0 amide bonds. The van der Waals surface area contributed by atoms with Gasteiger partial charge in [0.25, 0.3) is 0 Å². The quantitative estimate of drug-likeness (QED) is 0.484. The van der Waals surface area contributed by atoms with E-state index in [1.165, 1.54) is 22.9 Å². The number of benzene rings is 1. The number of likely N-dealkylation sites (N-methyl/N-ethyl adjacent to an activating group) is 1. The standard InChI is InChI=1S/C20H25ClF3N5O3/c1-19(30,13-28-11-17(29(31)32)25-18(28)21)12-26(2)15-7-9-27(10-8-15)16-5-3-14(4-6-16)20(22,23)24/h3-6,11,15,30H,7-10,12-13H2,1-2H3. The average Bonchev–Trinajstić information content (AvgIpc) is 3.07. The zero-order chi connectivity index (χ0) is 23.7. The van der Waals surface area contributed by atoms with E-state index in [0.717, 1.165) is 30.7 Å². The van der Waals surface area contributed by atoms with Crippen molar-refractivity contribution < 1.29 is 23.2 Å². The van der Waals surface area contributed by atoms with Gasteiger partial charge in [-0.2, -0.15) is 13.2 Å². The normalized spacial score (nSPS) is 17.6. The molecule has 176 valence electrons. The van der Waals surface area contributed by atoms with Crippen molar-refractivity contribution in [2.45, 2.75) is 44.1 Å². The molecule has 0 aliphatic carbocycles. The van der Waals surface area contributed by atoms with E-state index >= 15 is 0 Å². The maximum absolute atomic E-state index is 12.8. The van der Waals surface area contributed by atoms with E-state index < -0.39 is 22.3 Å². The lowest BCUT2D eigenvalue weighted by atomic mass is 9.99. The minimum absolute atomic E-state index is 0.0431. The van der Waals surface area contributed by atoms with Crippen molar-refractivity contribution >= 4 is 23.1 Å². The summed E-state index contributed by atoms with van der Waals surface area (Å²) in [6.07, 6.45) is -1.59. The van der Waals surface area contributed by atoms with Gasteiger partial charge in [0.2, 0.25) is 0 Å². The number of hydrogen-bond acceptors (Lipinski definition) is 6. The van der Waals surface area contributed by atoms with Gasteiger partial charge in [0.15, 0.2) is 0 Å². The van der Waals surface area contributed by atoms with Crippen LogP contribution in [-0.4, -0.2) is 62.8 Å². The molecule has 12 heteroatoms. The first-order valence-corrected chi connectivity index (χ1v) is 10.5. The number of anilines is 1. The maximum Gasteiger partial charge on any atom is 0.416 e. The molecular weight excluding hydrogens is 451 g/mol. The number of aromatic nitrogens is 2. The van der Waals surface area contributed by atoms with Crippen LogP contribution in [0.4, 0.5) is 24.7 Å². The Bertz CT molecular complexity index is 941. The zero-order valence-electron chi connectivity index (χ0n) is 17.7. The molecule has 1 aromatic heterocycles. The van der Waals surface area contributed by atoms with Crippen molar-refractivity contribution in [1.29, 1.82) is 0 Å². The van der Waals surface area contributed by atoms with Crippen LogP contribution in [0, 0.1) is 10.1 Å². The predicted octanol–water partition coefficient (Wildman–Crippen LogP) is 3.82. The number of nitrogens with zero attached hydrogens (tertiary/aromatic N) is 5. The molecule has 0 bridgehead atoms. The van der Waals surface area contributed by atoms with Crippen LogP contribution in [-0.2, 0) is 12.7 Å². The molecule has 8 nitrogen and oxygen atoms in total. The van der Waals surface area contributed by atoms with E-state index in [2.05, 4.69) is 4.98 Å². The van der Waals surface area contributed by atoms with Gasteiger partial charge in [0.1, 0.15) is 6.20 Å². The van der Waals surface area contributed by atoms with Crippen LogP contribution >= 0.6 is 11.6 Å². The van der Waals surface area contributed by atoms with Crippen LogP contribution in [0.15, 0.2) is 30.5 Å². The van der Waals surface area contributed by atoms with Crippen molar-refractivity contribution in [1.82, 2.24) is 14.5 Å². The summed E-state index contributed by atoms with van der Waals surface area (Å²) in [6.45, 7) is 3.34. The van der Waals surface area contributed by atoms with Crippen LogP contribution in [0.3, 0.4) is 0 Å². The predicted molar refractivity (Wildman–Crippen MR) is 114 cm³/mol. The Morgan fingerprint density at radius 1 is 1.28 bits per heavy atom. The topological polar surface area (TPSA) is 87.7 Å². The molecule has 1 saturated heterocycles. The molecule has 32 heavy (non-hydrogen) atoms. The lowest BCUT2D eigenvalue weighted by Crippen LogP contribution is -2.49. The zero-order valence-corrected chi connectivity index (χ0v) is 18.5. The summed E-state index contributed by atoms with van der Waals surface area (Å²) in [5.74, 6) is -0.380. The van der Waals surface area contributed by atoms with Gasteiger partial charge in [-0.3, -0.25) is 4.57 Å². The van der Waals surface area contributed by atoms with Crippen LogP contribution < -0.4 is 4.90 Å². The van der Waals surface area contributed by atoms with E-state index in [1.54, 1.807) is 6.92 Å². The average molecular weight is 476 g/mol. The molecular formula is C20H25ClF3N5O3. The summed E-state index contributed by atoms with van der Waals surface area (Å²) < 4.78 is 39.6. The summed E-state index contributed by atoms with van der Waals surface area (Å²) in [5.41, 5.74) is -1.12. The minimum atomic E-state index is -4.35. The van der Waals surface area contributed by atoms with Gasteiger partial charge in [-0.05, 0) is 72.6 Å². The number of piperidine rings is 1. The minimum Gasteiger partial charge on any atom is -0.387 e. The van der Waals surface area contributed by atoms with E-state index in [4.69, 9.17) is 11.6 Å². The lowest BCUT2D eigenvalue weighted by Gasteiger charge is -2.40. The summed E-state index contributed by atoms with van der Waals surface area (Å²) >= 11 is 5.94. The Balaban J connectivity index is 1.54. The third-order valence-corrected chi connectivity index (χ3v) is 5.95. The first kappa shape index (κ1) is 24.3. The molecule has 1 N–H and O–H groups in total. The summed E-state index contributed by atoms with van der Waals surface area (Å²) in [7, 11) is 1.89. The second-order valence-corrected chi connectivity index (χ2v) is 8.77. The van der Waals surface area contributed by atoms with E-state index in [9.17, 15) is 28.4 Å². The monoisotopic (exact) mass is 475 g/mol. The smallest absolute Gasteiger partial charge is 0.387 e. The van der Waals surface area contributed by atoms with Gasteiger partial charge in [0.05, 0.1) is 17.7 Å². The molecule has 0 saturated carbocycles. The molecule has 1 fully saturated rings. The Hall–Kier alpha value is -2.37. The number of aliphatic hydroxyl groups is 1. The van der Waals surface area contributed by atoms with Crippen LogP contribution in [0.25, 0.3) is 0 Å². The van der Waals surface area contributed by atoms with Gasteiger partial charge in [-0.25, -0.2) is 0 Å². The maximum atomic E-state index is 12.8. The fourth-order valence-electron chi connectivity index (χ4n) is 4.09. The summed E-state index contributed by atoms with van der Waals surface area (Å²) in [5, 5.41) is 21.6. The molecule has 1 aliphatic rings. The SMILES string of the molecule is CN(CC(C)(O)Cn1cc([N+](=O)[O-])nc1Cl)C1CCN(c2ccc(C(F)(F)F)cc2)CC1. The van der Waals surface area contributed by atoms with Crippen molar-refractivity contribution in [3.05, 3.63) is 51.4 Å². The first-order valence-electron chi connectivity index (χ1n) is 10.1. The Morgan fingerprint density at radius 3 is 2.38 bits per heavy atom. The van der Waals surface area contributed by atoms with Crippen LogP contribution in [0.1, 0.15) is 25.3 Å². The highest BCUT2D eigenvalue weighted by Gasteiger charge is 2.32. The number of alkyl halides is 3. The second-order valence-electron chi connectivity index (χ2n) is 8.43. The number of nitro groups is 1. The van der Waals surface area contributed by atoms with Crippen LogP contribution in [0.2, 0.25) is 5.28 Å². The highest BCUT2D eigenvalue weighted by molar-refractivity contribution is 6.28. The highest BCUT2D eigenvalue weighted by Crippen LogP contribution is 2.31. The fourth-order valence-corrected chi connectivity index (χ4v) is 4.28. The highest BCUT2D eigenvalue weighted by atomic mass is 35.5. The largest absolute Gasteiger partial charge is 0.416 e. The van der Waals surface area contributed by atoms with Crippen molar-refractivity contribution in [2.75, 3.05) is 31.6 Å². The first-order chi connectivity index (χ1) is 14.9. The van der Waals surface area contributed by atoms with Gasteiger partial charge in [0, 0.05) is 31.4 Å². The Morgan fingerprint density at radius 2 is 1.88 bits per heavy atom. The number of halogens is 4. The molecule has 0 radical (unpaired) electrons. The van der Waals surface area contributed by atoms with Gasteiger partial charge in [-0.1, -0.05) is 0 Å². The molecule has 3 rings (SSSR count). The van der Waals surface area contributed by atoms with Crippen molar-refractivity contribution in [3.8, 4) is 0 Å². The summed E-state index contributed by atoms with van der Waals surface area (Å²) in [4.78, 5) is 17.9. The summed E-state index contributed by atoms with van der Waals surface area (Å²) in [6, 6.07) is 5.35. The third-order valence-electron chi connectivity index (χ3n) is 5.65. The van der Waals surface area contributed by atoms with Gasteiger partial charge in [-0.15, -0.1) is 0 Å². The van der Waals surface area contributed by atoms with Gasteiger partial charge >= 0.3 is 17.3 Å². The van der Waals surface area contributed by atoms with E-state index in [-0.39, 0.29) is 23.7 Å². The molecule has 0 spiro atoms. The van der Waals surface area contributed by atoms with Crippen molar-refractivity contribution in [2.24, 2.45) is 0 Å². The molecule has 2 aromatic rings. The van der Waals surface area contributed by atoms with Crippen molar-refractivity contribution in [3.63, 3.8) is 0 Å². The van der Waals surface area contributed by atoms with Crippen LogP contribution in [0.5, 0.6) is 0 Å². The van der Waals surface area contributed by atoms with E-state index in [0.29, 0.717) is 19.6 Å². The Kier molecular flexibility index (Phi) is 7.01. The lowest BCUT2D eigenvalue weighted by molar-refractivity contribution is -0.389. The molecule has 2 heterocycles. The number of rotatable bonds is 7. The molecule has 1 aromatic carbocycles. The van der Waals surface area contributed by atoms with E-state index in [1.807, 2.05) is 16.8 Å². The Labute approximate surface area is 188 Å². The number of hydrogen-bond donors (Lipinski definition) is 1. The molecule has 1 atom stereocenters. The second kappa shape index (κ2) is 9.24. The third kappa shape index (κ3) is 5.90.